The van der Waals surface area contributed by atoms with Crippen LogP contribution < -0.4 is 10.6 Å². The van der Waals surface area contributed by atoms with Gasteiger partial charge >= 0.3 is 6.03 Å². The van der Waals surface area contributed by atoms with Gasteiger partial charge < -0.3 is 10.6 Å². The third-order valence-corrected chi connectivity index (χ3v) is 4.41. The minimum absolute atomic E-state index is 0.0211. The summed E-state index contributed by atoms with van der Waals surface area (Å²) in [6.45, 7) is 0. The van der Waals surface area contributed by atoms with Gasteiger partial charge in [0.2, 0.25) is 0 Å². The summed E-state index contributed by atoms with van der Waals surface area (Å²) in [7, 11) is -3.07. The molecule has 1 aliphatic rings. The van der Waals surface area contributed by atoms with Crippen LogP contribution in [0.15, 0.2) is 24.3 Å². The Kier molecular flexibility index (Phi) is 5.22. The van der Waals surface area contributed by atoms with Crippen molar-refractivity contribution in [2.75, 3.05) is 11.6 Å². The van der Waals surface area contributed by atoms with Crippen molar-refractivity contribution >= 4 is 21.6 Å². The van der Waals surface area contributed by atoms with Gasteiger partial charge in [-0.3, -0.25) is 0 Å². The Balaban J connectivity index is 1.92. The summed E-state index contributed by atoms with van der Waals surface area (Å²) in [5.74, 6) is -0.0211. The molecule has 6 heteroatoms. The molecule has 0 aliphatic heterocycles. The standard InChI is InChI=1S/C15H22N2O3S/c1-21(19,20)11-12-6-5-9-14(10-12)17-15(18)16-13-7-3-2-4-8-13/h5-6,9-10,13H,2-4,7-8,11H2,1H3,(H2,16,17,18). The molecule has 1 aromatic rings. The van der Waals surface area contributed by atoms with E-state index < -0.39 is 9.84 Å². The number of carbonyl (C=O) groups excluding carboxylic acids is 1. The van der Waals surface area contributed by atoms with Gasteiger partial charge in [0.15, 0.2) is 9.84 Å². The summed E-state index contributed by atoms with van der Waals surface area (Å²) >= 11 is 0. The first-order valence-electron chi connectivity index (χ1n) is 7.26. The van der Waals surface area contributed by atoms with Crippen molar-refractivity contribution in [3.05, 3.63) is 29.8 Å². The molecule has 21 heavy (non-hydrogen) atoms. The number of carbonyl (C=O) groups is 1. The number of benzene rings is 1. The fraction of sp³-hybridized carbons (Fsp3) is 0.533. The van der Waals surface area contributed by atoms with Crippen molar-refractivity contribution < 1.29 is 13.2 Å². The van der Waals surface area contributed by atoms with Crippen LogP contribution in [0.5, 0.6) is 0 Å². The Hall–Kier alpha value is -1.56. The van der Waals surface area contributed by atoms with Crippen LogP contribution in [-0.4, -0.2) is 26.7 Å². The normalized spacial score (nSPS) is 16.4. The SMILES string of the molecule is CS(=O)(=O)Cc1cccc(NC(=O)NC2CCCCC2)c1. The third-order valence-electron chi connectivity index (χ3n) is 3.55. The number of hydrogen-bond donors (Lipinski definition) is 2. The van der Waals surface area contributed by atoms with Gasteiger partial charge in [0, 0.05) is 18.0 Å². The van der Waals surface area contributed by atoms with Gasteiger partial charge in [0.25, 0.3) is 0 Å². The van der Waals surface area contributed by atoms with E-state index in [1.807, 2.05) is 0 Å². The first-order chi connectivity index (χ1) is 9.92. The smallest absolute Gasteiger partial charge is 0.319 e. The molecule has 1 aromatic carbocycles. The predicted molar refractivity (Wildman–Crippen MR) is 84.0 cm³/mol. The number of anilines is 1. The van der Waals surface area contributed by atoms with Gasteiger partial charge in [-0.05, 0) is 30.5 Å². The van der Waals surface area contributed by atoms with Gasteiger partial charge in [-0.15, -0.1) is 0 Å². The summed E-state index contributed by atoms with van der Waals surface area (Å²) in [5, 5.41) is 5.74. The number of nitrogens with one attached hydrogen (secondary N) is 2. The molecule has 1 aliphatic carbocycles. The lowest BCUT2D eigenvalue weighted by Gasteiger charge is -2.22. The van der Waals surface area contributed by atoms with E-state index in [4.69, 9.17) is 0 Å². The molecule has 0 saturated heterocycles. The molecular formula is C15H22N2O3S. The Morgan fingerprint density at radius 2 is 1.95 bits per heavy atom. The predicted octanol–water partition coefficient (Wildman–Crippen LogP) is 2.69. The van der Waals surface area contributed by atoms with Crippen LogP contribution in [0.25, 0.3) is 0 Å². The Bertz CT molecular complexity index is 593. The fourth-order valence-corrected chi connectivity index (χ4v) is 3.43. The molecule has 1 fully saturated rings. The topological polar surface area (TPSA) is 75.3 Å². The number of rotatable bonds is 4. The van der Waals surface area contributed by atoms with E-state index in [-0.39, 0.29) is 17.8 Å². The van der Waals surface area contributed by atoms with E-state index in [2.05, 4.69) is 10.6 Å². The second-order valence-electron chi connectivity index (χ2n) is 5.70. The molecule has 0 atom stereocenters. The Morgan fingerprint density at radius 3 is 2.62 bits per heavy atom. The minimum Gasteiger partial charge on any atom is -0.335 e. The first-order valence-corrected chi connectivity index (χ1v) is 9.32. The van der Waals surface area contributed by atoms with Crippen LogP contribution in [0, 0.1) is 0 Å². The first kappa shape index (κ1) is 15.8. The number of sulfone groups is 1. The van der Waals surface area contributed by atoms with Gasteiger partial charge in [-0.2, -0.15) is 0 Å². The highest BCUT2D eigenvalue weighted by Gasteiger charge is 2.15. The van der Waals surface area contributed by atoms with E-state index in [9.17, 15) is 13.2 Å². The zero-order valence-electron chi connectivity index (χ0n) is 12.3. The average molecular weight is 310 g/mol. The van der Waals surface area contributed by atoms with Crippen molar-refractivity contribution in [2.24, 2.45) is 0 Å². The van der Waals surface area contributed by atoms with E-state index in [0.717, 1.165) is 25.7 Å². The van der Waals surface area contributed by atoms with Crippen LogP contribution in [0.2, 0.25) is 0 Å². The summed E-state index contributed by atoms with van der Waals surface area (Å²) in [6, 6.07) is 6.96. The van der Waals surface area contributed by atoms with E-state index in [1.165, 1.54) is 12.7 Å². The van der Waals surface area contributed by atoms with Crippen molar-refractivity contribution in [2.45, 2.75) is 43.9 Å². The quantitative estimate of drug-likeness (QED) is 0.898. The molecule has 2 N–H and O–H groups in total. The van der Waals surface area contributed by atoms with E-state index in [1.54, 1.807) is 24.3 Å². The molecule has 2 amide bonds. The van der Waals surface area contributed by atoms with Gasteiger partial charge in [-0.1, -0.05) is 31.4 Å². The molecule has 0 unspecified atom stereocenters. The molecule has 0 radical (unpaired) electrons. The van der Waals surface area contributed by atoms with Gasteiger partial charge in [-0.25, -0.2) is 13.2 Å². The molecular weight excluding hydrogens is 288 g/mol. The summed E-state index contributed by atoms with van der Waals surface area (Å²) in [6.07, 6.45) is 6.82. The fourth-order valence-electron chi connectivity index (χ4n) is 2.64. The third kappa shape index (κ3) is 5.75. The lowest BCUT2D eigenvalue weighted by Crippen LogP contribution is -2.39. The molecule has 116 valence electrons. The monoisotopic (exact) mass is 310 g/mol. The highest BCUT2D eigenvalue weighted by Crippen LogP contribution is 2.18. The molecule has 0 heterocycles. The Labute approximate surface area is 126 Å². The van der Waals surface area contributed by atoms with Crippen LogP contribution in [0.3, 0.4) is 0 Å². The van der Waals surface area contributed by atoms with Gasteiger partial charge in [0.1, 0.15) is 0 Å². The van der Waals surface area contributed by atoms with Crippen LogP contribution in [-0.2, 0) is 15.6 Å². The van der Waals surface area contributed by atoms with Crippen LogP contribution in [0.1, 0.15) is 37.7 Å². The maximum atomic E-state index is 11.9. The number of hydrogen-bond acceptors (Lipinski definition) is 3. The van der Waals surface area contributed by atoms with Crippen molar-refractivity contribution in [3.63, 3.8) is 0 Å². The summed E-state index contributed by atoms with van der Waals surface area (Å²) < 4.78 is 22.6. The van der Waals surface area contributed by atoms with Gasteiger partial charge in [0.05, 0.1) is 5.75 Å². The molecule has 0 bridgehead atoms. The molecule has 5 nitrogen and oxygen atoms in total. The van der Waals surface area contributed by atoms with E-state index in [0.29, 0.717) is 11.3 Å². The van der Waals surface area contributed by atoms with E-state index >= 15 is 0 Å². The maximum Gasteiger partial charge on any atom is 0.319 e. The molecule has 2 rings (SSSR count). The van der Waals surface area contributed by atoms with Crippen LogP contribution >= 0.6 is 0 Å². The summed E-state index contributed by atoms with van der Waals surface area (Å²) in [4.78, 5) is 11.9. The number of urea groups is 1. The minimum atomic E-state index is -3.07. The number of amides is 2. The van der Waals surface area contributed by atoms with Crippen molar-refractivity contribution in [3.8, 4) is 0 Å². The maximum absolute atomic E-state index is 11.9. The second kappa shape index (κ2) is 6.93. The summed E-state index contributed by atoms with van der Waals surface area (Å²) in [5.41, 5.74) is 1.29. The molecule has 0 aromatic heterocycles. The average Bonchev–Trinajstić information content (AvgIpc) is 2.38. The Morgan fingerprint density at radius 1 is 1.24 bits per heavy atom. The second-order valence-corrected chi connectivity index (χ2v) is 7.84. The molecule has 0 spiro atoms. The highest BCUT2D eigenvalue weighted by atomic mass is 32.2. The zero-order valence-corrected chi connectivity index (χ0v) is 13.1. The van der Waals surface area contributed by atoms with Crippen molar-refractivity contribution in [1.29, 1.82) is 0 Å². The van der Waals surface area contributed by atoms with Crippen LogP contribution in [0.4, 0.5) is 10.5 Å². The van der Waals surface area contributed by atoms with Crippen molar-refractivity contribution in [1.82, 2.24) is 5.32 Å². The highest BCUT2D eigenvalue weighted by molar-refractivity contribution is 7.89. The zero-order chi connectivity index (χ0) is 15.3. The lowest BCUT2D eigenvalue weighted by atomic mass is 9.96. The molecule has 1 saturated carbocycles. The lowest BCUT2D eigenvalue weighted by molar-refractivity contribution is 0.244. The largest absolute Gasteiger partial charge is 0.335 e.